The van der Waals surface area contributed by atoms with E-state index in [9.17, 15) is 9.59 Å². The molecule has 0 aliphatic heterocycles. The van der Waals surface area contributed by atoms with E-state index in [0.29, 0.717) is 29.1 Å². The van der Waals surface area contributed by atoms with Gasteiger partial charge in [0.2, 0.25) is 0 Å². The summed E-state index contributed by atoms with van der Waals surface area (Å²) in [5.74, 6) is -0.369. The number of nitrogens with one attached hydrogen (secondary N) is 2. The minimum absolute atomic E-state index is 0.345. The second-order valence-corrected chi connectivity index (χ2v) is 8.00. The third kappa shape index (κ3) is 4.26. The zero-order valence-electron chi connectivity index (χ0n) is 18.6. The third-order valence-electron chi connectivity index (χ3n) is 5.72. The van der Waals surface area contributed by atoms with E-state index in [1.807, 2.05) is 85.8 Å². The summed E-state index contributed by atoms with van der Waals surface area (Å²) in [6, 6.07) is 28.3. The van der Waals surface area contributed by atoms with Gasteiger partial charge in [-0.05, 0) is 47.5 Å². The number of carbonyl (C=O) groups is 2. The van der Waals surface area contributed by atoms with Gasteiger partial charge in [-0.25, -0.2) is 9.78 Å². The number of nitrogens with zero attached hydrogens (tertiary/aromatic N) is 1. The van der Waals surface area contributed by atoms with Crippen LogP contribution in [0, 0.1) is 0 Å². The molecule has 1 heterocycles. The van der Waals surface area contributed by atoms with Crippen molar-refractivity contribution in [2.75, 3.05) is 5.32 Å². The maximum Gasteiger partial charge on any atom is 0.339 e. The molecule has 0 saturated heterocycles. The minimum atomic E-state index is -0.928. The minimum Gasteiger partial charge on any atom is -0.449 e. The maximum absolute atomic E-state index is 13.1. The number of ether oxygens (including phenoxy) is 1. The van der Waals surface area contributed by atoms with E-state index in [1.165, 1.54) is 0 Å². The fourth-order valence-electron chi connectivity index (χ4n) is 3.95. The van der Waals surface area contributed by atoms with E-state index < -0.39 is 12.1 Å². The van der Waals surface area contributed by atoms with Gasteiger partial charge in [0.1, 0.15) is 5.82 Å². The molecule has 0 aliphatic carbocycles. The quantitative estimate of drug-likeness (QED) is 0.313. The van der Waals surface area contributed by atoms with Gasteiger partial charge in [-0.3, -0.25) is 4.79 Å². The number of fused-ring (bicyclic) bond motifs is 2. The highest BCUT2D eigenvalue weighted by Crippen LogP contribution is 2.25. The van der Waals surface area contributed by atoms with Gasteiger partial charge < -0.3 is 15.0 Å². The van der Waals surface area contributed by atoms with Crippen molar-refractivity contribution in [3.05, 3.63) is 96.6 Å². The Morgan fingerprint density at radius 2 is 1.65 bits per heavy atom. The van der Waals surface area contributed by atoms with Crippen LogP contribution in [0.3, 0.4) is 0 Å². The fourth-order valence-corrected chi connectivity index (χ4v) is 3.95. The normalized spacial score (nSPS) is 11.9. The van der Waals surface area contributed by atoms with E-state index in [0.717, 1.165) is 21.8 Å². The van der Waals surface area contributed by atoms with Gasteiger partial charge >= 0.3 is 5.97 Å². The summed E-state index contributed by atoms with van der Waals surface area (Å²) in [7, 11) is 0. The Kier molecular flexibility index (Phi) is 5.79. The predicted molar refractivity (Wildman–Crippen MR) is 134 cm³/mol. The van der Waals surface area contributed by atoms with Crippen molar-refractivity contribution in [2.24, 2.45) is 0 Å². The Morgan fingerprint density at radius 3 is 2.47 bits per heavy atom. The van der Waals surface area contributed by atoms with Crippen LogP contribution >= 0.6 is 0 Å². The Labute approximate surface area is 196 Å². The second kappa shape index (κ2) is 9.19. The zero-order chi connectivity index (χ0) is 23.5. The fraction of sp³-hybridized carbons (Fsp3) is 0.107. The summed E-state index contributed by atoms with van der Waals surface area (Å²) in [5, 5.41) is 4.97. The first kappa shape index (κ1) is 21.4. The first-order valence-corrected chi connectivity index (χ1v) is 11.2. The first-order chi connectivity index (χ1) is 16.6. The van der Waals surface area contributed by atoms with Crippen molar-refractivity contribution in [3.63, 3.8) is 0 Å². The van der Waals surface area contributed by atoms with Gasteiger partial charge in [0.15, 0.2) is 6.10 Å². The molecule has 0 fully saturated rings. The lowest BCUT2D eigenvalue weighted by atomic mass is 10.1. The molecule has 1 aromatic heterocycles. The van der Waals surface area contributed by atoms with E-state index in [4.69, 9.17) is 4.74 Å². The standard InChI is InChI=1S/C28H23N3O3/c1-2-25(27(32)29-20-16-15-18-9-3-4-10-19(18)17-20)34-28(33)22-12-6-5-11-21(22)26-30-23-13-7-8-14-24(23)31-26/h3-17,25H,2H2,1H3,(H,29,32)(H,30,31). The zero-order valence-corrected chi connectivity index (χ0v) is 18.6. The molecule has 168 valence electrons. The van der Waals surface area contributed by atoms with Crippen molar-refractivity contribution in [3.8, 4) is 11.4 Å². The SMILES string of the molecule is CCC(OC(=O)c1ccccc1-c1nc2ccccc2[nH]1)C(=O)Nc1ccc2ccccc2c1. The van der Waals surface area contributed by atoms with Crippen molar-refractivity contribution in [1.82, 2.24) is 9.97 Å². The van der Waals surface area contributed by atoms with Crippen LogP contribution in [-0.2, 0) is 9.53 Å². The summed E-state index contributed by atoms with van der Waals surface area (Å²) in [6.07, 6.45) is -0.583. The number of aromatic nitrogens is 2. The van der Waals surface area contributed by atoms with E-state index in [2.05, 4.69) is 15.3 Å². The molecule has 5 rings (SSSR count). The number of aromatic amines is 1. The smallest absolute Gasteiger partial charge is 0.339 e. The lowest BCUT2D eigenvalue weighted by Crippen LogP contribution is -2.32. The summed E-state index contributed by atoms with van der Waals surface area (Å²) in [5.41, 5.74) is 3.30. The molecule has 1 amide bonds. The molecule has 6 nitrogen and oxygen atoms in total. The number of carbonyl (C=O) groups excluding carboxylic acids is 2. The summed E-state index contributed by atoms with van der Waals surface area (Å²) >= 11 is 0. The summed E-state index contributed by atoms with van der Waals surface area (Å²) in [6.45, 7) is 1.81. The predicted octanol–water partition coefficient (Wildman–Crippen LogP) is 5.96. The molecule has 0 saturated carbocycles. The van der Waals surface area contributed by atoms with Crippen LogP contribution in [0.25, 0.3) is 33.2 Å². The Hall–Kier alpha value is -4.45. The lowest BCUT2D eigenvalue weighted by Gasteiger charge is -2.17. The maximum atomic E-state index is 13.1. The molecule has 0 spiro atoms. The number of hydrogen-bond donors (Lipinski definition) is 2. The van der Waals surface area contributed by atoms with Crippen LogP contribution in [0.1, 0.15) is 23.7 Å². The van der Waals surface area contributed by atoms with E-state index >= 15 is 0 Å². The van der Waals surface area contributed by atoms with Crippen LogP contribution in [-0.4, -0.2) is 27.9 Å². The highest BCUT2D eigenvalue weighted by Gasteiger charge is 2.24. The van der Waals surface area contributed by atoms with Gasteiger partial charge in [0.25, 0.3) is 5.91 Å². The van der Waals surface area contributed by atoms with Crippen molar-refractivity contribution >= 4 is 39.4 Å². The second-order valence-electron chi connectivity index (χ2n) is 8.00. The molecule has 0 radical (unpaired) electrons. The molecule has 4 aromatic carbocycles. The molecule has 2 N–H and O–H groups in total. The Balaban J connectivity index is 1.35. The van der Waals surface area contributed by atoms with Gasteiger partial charge in [-0.15, -0.1) is 0 Å². The number of para-hydroxylation sites is 2. The largest absolute Gasteiger partial charge is 0.449 e. The van der Waals surface area contributed by atoms with E-state index in [1.54, 1.807) is 12.1 Å². The molecular formula is C28H23N3O3. The third-order valence-corrected chi connectivity index (χ3v) is 5.72. The molecule has 1 unspecified atom stereocenters. The van der Waals surface area contributed by atoms with Gasteiger partial charge in [-0.1, -0.05) is 67.6 Å². The average Bonchev–Trinajstić information content (AvgIpc) is 3.31. The lowest BCUT2D eigenvalue weighted by molar-refractivity contribution is -0.124. The number of hydrogen-bond acceptors (Lipinski definition) is 4. The molecule has 6 heteroatoms. The molecule has 1 atom stereocenters. The van der Waals surface area contributed by atoms with Crippen molar-refractivity contribution in [2.45, 2.75) is 19.4 Å². The summed E-state index contributed by atoms with van der Waals surface area (Å²) < 4.78 is 5.65. The Bertz CT molecular complexity index is 1470. The average molecular weight is 450 g/mol. The topological polar surface area (TPSA) is 84.1 Å². The highest BCUT2D eigenvalue weighted by molar-refractivity contribution is 6.01. The van der Waals surface area contributed by atoms with Crippen molar-refractivity contribution < 1.29 is 14.3 Å². The van der Waals surface area contributed by atoms with Crippen molar-refractivity contribution in [1.29, 1.82) is 0 Å². The summed E-state index contributed by atoms with van der Waals surface area (Å²) in [4.78, 5) is 33.9. The number of esters is 1. The molecule has 5 aromatic rings. The number of imidazole rings is 1. The van der Waals surface area contributed by atoms with Crippen LogP contribution < -0.4 is 5.32 Å². The first-order valence-electron chi connectivity index (χ1n) is 11.2. The number of anilines is 1. The highest BCUT2D eigenvalue weighted by atomic mass is 16.5. The number of amides is 1. The number of benzene rings is 4. The number of rotatable bonds is 6. The molecule has 0 bridgehead atoms. The van der Waals surface area contributed by atoms with Gasteiger partial charge in [0.05, 0.1) is 16.6 Å². The number of H-pyrrole nitrogens is 1. The van der Waals surface area contributed by atoms with Crippen LogP contribution in [0.5, 0.6) is 0 Å². The van der Waals surface area contributed by atoms with Gasteiger partial charge in [-0.2, -0.15) is 0 Å². The Morgan fingerprint density at radius 1 is 0.912 bits per heavy atom. The van der Waals surface area contributed by atoms with E-state index in [-0.39, 0.29) is 5.91 Å². The van der Waals surface area contributed by atoms with Crippen LogP contribution in [0.2, 0.25) is 0 Å². The molecular weight excluding hydrogens is 426 g/mol. The van der Waals surface area contributed by atoms with Crippen LogP contribution in [0.15, 0.2) is 91.0 Å². The molecule has 34 heavy (non-hydrogen) atoms. The monoisotopic (exact) mass is 449 g/mol. The van der Waals surface area contributed by atoms with Crippen LogP contribution in [0.4, 0.5) is 5.69 Å². The molecule has 0 aliphatic rings. The van der Waals surface area contributed by atoms with Gasteiger partial charge in [0, 0.05) is 11.3 Å².